The molecule has 8 heteroatoms. The van der Waals surface area contributed by atoms with Crippen LogP contribution in [0, 0.1) is 0 Å². The van der Waals surface area contributed by atoms with Crippen molar-refractivity contribution in [3.63, 3.8) is 0 Å². The smallest absolute Gasteiger partial charge is 0.323 e. The minimum Gasteiger partial charge on any atom is -0.465 e. The van der Waals surface area contributed by atoms with E-state index in [1.54, 1.807) is 6.92 Å². The Kier molecular flexibility index (Phi) is 6.65. The molecule has 2 fully saturated rings. The van der Waals surface area contributed by atoms with E-state index in [1.807, 2.05) is 36.1 Å². The molecule has 0 radical (unpaired) electrons. The van der Waals surface area contributed by atoms with Crippen LogP contribution < -0.4 is 4.90 Å². The van der Waals surface area contributed by atoms with Crippen LogP contribution in [0.3, 0.4) is 0 Å². The molecule has 0 spiro atoms. The highest BCUT2D eigenvalue weighted by Crippen LogP contribution is 2.27. The Balaban J connectivity index is 1.60. The molecule has 2 aliphatic rings. The average molecular weight is 426 g/mol. The van der Waals surface area contributed by atoms with Crippen LogP contribution in [0.1, 0.15) is 38.9 Å². The van der Waals surface area contributed by atoms with Crippen molar-refractivity contribution < 1.29 is 14.3 Å². The van der Waals surface area contributed by atoms with Crippen LogP contribution in [0.25, 0.3) is 10.9 Å². The number of ether oxygens (including phenoxy) is 1. The van der Waals surface area contributed by atoms with Gasteiger partial charge in [0.15, 0.2) is 0 Å². The van der Waals surface area contributed by atoms with Gasteiger partial charge in [-0.15, -0.1) is 0 Å². The number of aromatic nitrogens is 2. The molecule has 4 rings (SSSR count). The Bertz CT molecular complexity index is 942. The number of amides is 1. The Morgan fingerprint density at radius 1 is 1.06 bits per heavy atom. The van der Waals surface area contributed by atoms with E-state index in [1.165, 1.54) is 0 Å². The maximum atomic E-state index is 12.5. The Hall–Kier alpha value is -2.74. The number of piperazine rings is 1. The number of para-hydroxylation sites is 1. The number of carbonyl (C=O) groups is 2. The summed E-state index contributed by atoms with van der Waals surface area (Å²) in [5.74, 6) is 1.60. The lowest BCUT2D eigenvalue weighted by molar-refractivity contribution is -0.151. The molecule has 1 unspecified atom stereocenters. The molecular formula is C23H31N5O3. The number of carbonyl (C=O) groups excluding carboxylic acids is 2. The third-order valence-electron chi connectivity index (χ3n) is 6.17. The van der Waals surface area contributed by atoms with Crippen molar-refractivity contribution in [3.8, 4) is 0 Å². The molecule has 1 atom stereocenters. The molecule has 0 bridgehead atoms. The highest BCUT2D eigenvalue weighted by Gasteiger charge is 2.31. The fraction of sp³-hybridized carbons (Fsp3) is 0.565. The van der Waals surface area contributed by atoms with E-state index in [0.29, 0.717) is 26.2 Å². The van der Waals surface area contributed by atoms with E-state index >= 15 is 0 Å². The summed E-state index contributed by atoms with van der Waals surface area (Å²) in [6.45, 7) is 8.10. The summed E-state index contributed by atoms with van der Waals surface area (Å²) in [7, 11) is 0. The zero-order chi connectivity index (χ0) is 21.8. The molecule has 2 aliphatic heterocycles. The number of piperidine rings is 1. The maximum Gasteiger partial charge on any atom is 0.323 e. The zero-order valence-corrected chi connectivity index (χ0v) is 18.4. The minimum absolute atomic E-state index is 0.114. The molecule has 0 saturated carbocycles. The second kappa shape index (κ2) is 9.60. The first-order chi connectivity index (χ1) is 15.1. The minimum atomic E-state index is -0.230. The van der Waals surface area contributed by atoms with Crippen LogP contribution in [-0.4, -0.2) is 77.0 Å². The first kappa shape index (κ1) is 21.5. The first-order valence-corrected chi connectivity index (χ1v) is 11.2. The normalized spacial score (nSPS) is 20.1. The van der Waals surface area contributed by atoms with Gasteiger partial charge in [-0.05, 0) is 38.4 Å². The van der Waals surface area contributed by atoms with Crippen LogP contribution in [0.5, 0.6) is 0 Å². The van der Waals surface area contributed by atoms with E-state index in [4.69, 9.17) is 14.7 Å². The van der Waals surface area contributed by atoms with Crippen molar-refractivity contribution in [1.29, 1.82) is 0 Å². The van der Waals surface area contributed by atoms with Crippen molar-refractivity contribution in [2.75, 3.05) is 44.2 Å². The molecule has 8 nitrogen and oxygen atoms in total. The van der Waals surface area contributed by atoms with Crippen molar-refractivity contribution in [3.05, 3.63) is 30.1 Å². The largest absolute Gasteiger partial charge is 0.465 e. The van der Waals surface area contributed by atoms with E-state index in [0.717, 1.165) is 61.4 Å². The lowest BCUT2D eigenvalue weighted by Crippen LogP contribution is -2.48. The molecule has 2 aromatic rings. The number of fused-ring (bicyclic) bond motifs is 1. The fourth-order valence-electron chi connectivity index (χ4n) is 4.52. The molecule has 166 valence electrons. The topological polar surface area (TPSA) is 78.9 Å². The first-order valence-electron chi connectivity index (χ1n) is 11.2. The van der Waals surface area contributed by atoms with Gasteiger partial charge in [-0.1, -0.05) is 18.6 Å². The standard InChI is InChI=1S/C23H31N5O3/c1-3-31-23(30)20-10-6-7-11-28(20)16-21-24-19-9-5-4-8-18(19)22(25-21)27-14-12-26(13-15-27)17(2)29/h4-5,8-9,20H,3,6-7,10-16H2,1-2H3. The third kappa shape index (κ3) is 4.79. The number of benzene rings is 1. The molecule has 0 N–H and O–H groups in total. The van der Waals surface area contributed by atoms with Gasteiger partial charge in [0.05, 0.1) is 18.7 Å². The van der Waals surface area contributed by atoms with Gasteiger partial charge in [-0.3, -0.25) is 14.5 Å². The molecular weight excluding hydrogens is 394 g/mol. The van der Waals surface area contributed by atoms with Crippen LogP contribution >= 0.6 is 0 Å². The number of anilines is 1. The molecule has 1 aromatic heterocycles. The summed E-state index contributed by atoms with van der Waals surface area (Å²) in [6, 6.07) is 7.82. The number of hydrogen-bond acceptors (Lipinski definition) is 7. The molecule has 1 amide bonds. The summed E-state index contributed by atoms with van der Waals surface area (Å²) >= 11 is 0. The third-order valence-corrected chi connectivity index (χ3v) is 6.17. The second-order valence-corrected chi connectivity index (χ2v) is 8.21. The van der Waals surface area contributed by atoms with E-state index < -0.39 is 0 Å². The number of esters is 1. The predicted octanol–water partition coefficient (Wildman–Crippen LogP) is 2.22. The summed E-state index contributed by atoms with van der Waals surface area (Å²) in [6.07, 6.45) is 2.90. The van der Waals surface area contributed by atoms with E-state index in [9.17, 15) is 9.59 Å². The second-order valence-electron chi connectivity index (χ2n) is 8.21. The van der Waals surface area contributed by atoms with Gasteiger partial charge in [0, 0.05) is 38.5 Å². The molecule has 31 heavy (non-hydrogen) atoms. The monoisotopic (exact) mass is 425 g/mol. The van der Waals surface area contributed by atoms with Crippen LogP contribution in [0.2, 0.25) is 0 Å². The maximum absolute atomic E-state index is 12.5. The van der Waals surface area contributed by atoms with Gasteiger partial charge in [-0.25, -0.2) is 9.97 Å². The molecule has 0 aliphatic carbocycles. The number of rotatable bonds is 5. The fourth-order valence-corrected chi connectivity index (χ4v) is 4.52. The zero-order valence-electron chi connectivity index (χ0n) is 18.4. The van der Waals surface area contributed by atoms with Gasteiger partial charge in [0.1, 0.15) is 17.7 Å². The summed E-state index contributed by atoms with van der Waals surface area (Å²) < 4.78 is 5.31. The molecule has 2 saturated heterocycles. The molecule has 3 heterocycles. The van der Waals surface area contributed by atoms with Crippen molar-refractivity contribution >= 4 is 28.6 Å². The van der Waals surface area contributed by atoms with Gasteiger partial charge in [0.25, 0.3) is 0 Å². The van der Waals surface area contributed by atoms with E-state index in [-0.39, 0.29) is 17.9 Å². The quantitative estimate of drug-likeness (QED) is 0.680. The van der Waals surface area contributed by atoms with Gasteiger partial charge < -0.3 is 14.5 Å². The lowest BCUT2D eigenvalue weighted by atomic mass is 10.0. The molecule has 1 aromatic carbocycles. The van der Waals surface area contributed by atoms with Crippen LogP contribution in [-0.2, 0) is 20.9 Å². The predicted molar refractivity (Wildman–Crippen MR) is 119 cm³/mol. The average Bonchev–Trinajstić information content (AvgIpc) is 2.79. The highest BCUT2D eigenvalue weighted by molar-refractivity contribution is 5.89. The number of likely N-dealkylation sites (tertiary alicyclic amines) is 1. The Morgan fingerprint density at radius 3 is 2.58 bits per heavy atom. The number of hydrogen-bond donors (Lipinski definition) is 0. The Morgan fingerprint density at radius 2 is 1.84 bits per heavy atom. The summed E-state index contributed by atoms with van der Waals surface area (Å²) in [4.78, 5) is 40.2. The van der Waals surface area contributed by atoms with Crippen molar-refractivity contribution in [2.24, 2.45) is 0 Å². The number of nitrogens with zero attached hydrogens (tertiary/aromatic N) is 5. The van der Waals surface area contributed by atoms with Gasteiger partial charge >= 0.3 is 5.97 Å². The van der Waals surface area contributed by atoms with Crippen LogP contribution in [0.4, 0.5) is 5.82 Å². The van der Waals surface area contributed by atoms with Crippen molar-refractivity contribution in [1.82, 2.24) is 19.8 Å². The van der Waals surface area contributed by atoms with Gasteiger partial charge in [-0.2, -0.15) is 0 Å². The summed E-state index contributed by atoms with van der Waals surface area (Å²) in [5, 5.41) is 1.02. The Labute approximate surface area is 183 Å². The van der Waals surface area contributed by atoms with Gasteiger partial charge in [0.2, 0.25) is 5.91 Å². The summed E-state index contributed by atoms with van der Waals surface area (Å²) in [5.41, 5.74) is 0.904. The van der Waals surface area contributed by atoms with Crippen molar-refractivity contribution in [2.45, 2.75) is 45.7 Å². The van der Waals surface area contributed by atoms with E-state index in [2.05, 4.69) is 9.80 Å². The lowest BCUT2D eigenvalue weighted by Gasteiger charge is -2.36. The van der Waals surface area contributed by atoms with Crippen LogP contribution in [0.15, 0.2) is 24.3 Å². The highest BCUT2D eigenvalue weighted by atomic mass is 16.5. The SMILES string of the molecule is CCOC(=O)C1CCCCN1Cc1nc(N2CCN(C(C)=O)CC2)c2ccccc2n1.